The molecule has 0 saturated carbocycles. The molecule has 1 amide bonds. The minimum absolute atomic E-state index is 0.165. The van der Waals surface area contributed by atoms with E-state index in [0.29, 0.717) is 47.7 Å². The van der Waals surface area contributed by atoms with Gasteiger partial charge in [-0.05, 0) is 24.3 Å². The van der Waals surface area contributed by atoms with Gasteiger partial charge in [0.1, 0.15) is 11.6 Å². The van der Waals surface area contributed by atoms with Gasteiger partial charge in [-0.25, -0.2) is 9.37 Å². The molecular formula is C17H17Cl2FN4O. The van der Waals surface area contributed by atoms with Crippen molar-refractivity contribution in [3.8, 4) is 0 Å². The zero-order valence-corrected chi connectivity index (χ0v) is 14.9. The van der Waals surface area contributed by atoms with Crippen LogP contribution in [0.2, 0.25) is 10.0 Å². The average Bonchev–Trinajstić information content (AvgIpc) is 2.56. The topological polar surface area (TPSA) is 48.5 Å². The van der Waals surface area contributed by atoms with E-state index in [9.17, 15) is 9.18 Å². The Hall–Kier alpha value is -1.89. The maximum atomic E-state index is 13.1. The van der Waals surface area contributed by atoms with Gasteiger partial charge in [-0.3, -0.25) is 9.69 Å². The Morgan fingerprint density at radius 3 is 2.64 bits per heavy atom. The largest absolute Gasteiger partial charge is 0.353 e. The van der Waals surface area contributed by atoms with Crippen LogP contribution in [0.5, 0.6) is 0 Å². The Balaban J connectivity index is 1.51. The summed E-state index contributed by atoms with van der Waals surface area (Å²) in [5.41, 5.74) is 0.459. The number of pyridine rings is 1. The van der Waals surface area contributed by atoms with Gasteiger partial charge in [-0.15, -0.1) is 0 Å². The van der Waals surface area contributed by atoms with Crippen molar-refractivity contribution in [2.45, 2.75) is 0 Å². The Morgan fingerprint density at radius 2 is 1.96 bits per heavy atom. The fourth-order valence-corrected chi connectivity index (χ4v) is 3.23. The molecule has 8 heteroatoms. The van der Waals surface area contributed by atoms with E-state index >= 15 is 0 Å². The molecule has 1 aliphatic rings. The van der Waals surface area contributed by atoms with Crippen molar-refractivity contribution < 1.29 is 9.18 Å². The van der Waals surface area contributed by atoms with Gasteiger partial charge < -0.3 is 10.2 Å². The van der Waals surface area contributed by atoms with E-state index in [-0.39, 0.29) is 18.3 Å². The number of carbonyl (C=O) groups is 1. The quantitative estimate of drug-likeness (QED) is 0.881. The Bertz CT molecular complexity index is 766. The van der Waals surface area contributed by atoms with E-state index in [0.717, 1.165) is 0 Å². The molecule has 2 aromatic rings. The second kappa shape index (κ2) is 7.99. The number of hydrogen-bond acceptors (Lipinski definition) is 4. The highest BCUT2D eigenvalue weighted by Crippen LogP contribution is 2.26. The number of benzene rings is 1. The molecule has 3 rings (SSSR count). The summed E-state index contributed by atoms with van der Waals surface area (Å²) in [6.45, 7) is 3.09. The predicted molar refractivity (Wildman–Crippen MR) is 97.9 cm³/mol. The minimum atomic E-state index is -0.376. The van der Waals surface area contributed by atoms with Gasteiger partial charge in [0.2, 0.25) is 5.91 Å². The van der Waals surface area contributed by atoms with Crippen molar-refractivity contribution in [3.63, 3.8) is 0 Å². The zero-order chi connectivity index (χ0) is 17.8. The summed E-state index contributed by atoms with van der Waals surface area (Å²) in [6.07, 6.45) is 1.57. The first-order valence-corrected chi connectivity index (χ1v) is 8.60. The number of carbonyl (C=O) groups excluding carboxylic acids is 1. The van der Waals surface area contributed by atoms with Gasteiger partial charge in [0.25, 0.3) is 0 Å². The Morgan fingerprint density at radius 1 is 1.20 bits per heavy atom. The third kappa shape index (κ3) is 4.81. The van der Waals surface area contributed by atoms with Gasteiger partial charge in [0, 0.05) is 38.1 Å². The standard InChI is InChI=1S/C17H17Cl2FN4O/c18-12-8-15(19)17(21-10-12)24-6-4-23(5-7-24)11-16(25)22-14-3-1-2-13(20)9-14/h1-3,8-10H,4-7,11H2,(H,22,25). The minimum Gasteiger partial charge on any atom is -0.353 e. The number of nitrogens with one attached hydrogen (secondary N) is 1. The van der Waals surface area contributed by atoms with Crippen LogP contribution in [0.15, 0.2) is 36.5 Å². The number of anilines is 2. The molecule has 0 spiro atoms. The van der Waals surface area contributed by atoms with Gasteiger partial charge >= 0.3 is 0 Å². The van der Waals surface area contributed by atoms with Crippen LogP contribution in [0.1, 0.15) is 0 Å². The van der Waals surface area contributed by atoms with Crippen LogP contribution in [0.25, 0.3) is 0 Å². The molecule has 0 aliphatic carbocycles. The Labute approximate surface area is 155 Å². The van der Waals surface area contributed by atoms with Crippen LogP contribution in [-0.2, 0) is 4.79 Å². The van der Waals surface area contributed by atoms with E-state index in [1.165, 1.54) is 12.1 Å². The van der Waals surface area contributed by atoms with E-state index in [2.05, 4.69) is 15.2 Å². The van der Waals surface area contributed by atoms with Crippen LogP contribution in [-0.4, -0.2) is 48.5 Å². The molecule has 0 unspecified atom stereocenters. The SMILES string of the molecule is O=C(CN1CCN(c2ncc(Cl)cc2Cl)CC1)Nc1cccc(F)c1. The van der Waals surface area contributed by atoms with E-state index in [1.807, 2.05) is 4.90 Å². The first-order valence-electron chi connectivity index (χ1n) is 7.85. The molecule has 1 aromatic heterocycles. The molecule has 0 radical (unpaired) electrons. The number of piperazine rings is 1. The lowest BCUT2D eigenvalue weighted by molar-refractivity contribution is -0.117. The summed E-state index contributed by atoms with van der Waals surface area (Å²) in [5.74, 6) is 0.162. The number of hydrogen-bond donors (Lipinski definition) is 1. The van der Waals surface area contributed by atoms with Gasteiger partial charge in [-0.2, -0.15) is 0 Å². The summed E-state index contributed by atoms with van der Waals surface area (Å²) < 4.78 is 13.1. The lowest BCUT2D eigenvalue weighted by Gasteiger charge is -2.35. The molecule has 0 bridgehead atoms. The fraction of sp³-hybridized carbons (Fsp3) is 0.294. The van der Waals surface area contributed by atoms with Crippen molar-refractivity contribution in [2.75, 3.05) is 42.9 Å². The van der Waals surface area contributed by atoms with E-state index in [4.69, 9.17) is 23.2 Å². The average molecular weight is 383 g/mol. The lowest BCUT2D eigenvalue weighted by Crippen LogP contribution is -2.49. The molecule has 1 N–H and O–H groups in total. The highest BCUT2D eigenvalue weighted by molar-refractivity contribution is 6.36. The van der Waals surface area contributed by atoms with Gasteiger partial charge in [0.05, 0.1) is 16.6 Å². The van der Waals surface area contributed by atoms with Crippen molar-refractivity contribution in [2.24, 2.45) is 0 Å². The first kappa shape index (κ1) is 17.9. The summed E-state index contributed by atoms with van der Waals surface area (Å²) in [7, 11) is 0. The molecule has 0 atom stereocenters. The van der Waals surface area contributed by atoms with E-state index in [1.54, 1.807) is 24.4 Å². The molecule has 1 aliphatic heterocycles. The maximum absolute atomic E-state index is 13.1. The molecule has 1 fully saturated rings. The van der Waals surface area contributed by atoms with Crippen LogP contribution in [0.3, 0.4) is 0 Å². The molecule has 25 heavy (non-hydrogen) atoms. The van der Waals surface area contributed by atoms with Crippen LogP contribution in [0.4, 0.5) is 15.9 Å². The number of amides is 1. The molecule has 5 nitrogen and oxygen atoms in total. The molecule has 1 aromatic carbocycles. The van der Waals surface area contributed by atoms with Gasteiger partial charge in [0.15, 0.2) is 0 Å². The molecule has 1 saturated heterocycles. The normalized spacial score (nSPS) is 15.2. The third-order valence-corrected chi connectivity index (χ3v) is 4.42. The van der Waals surface area contributed by atoms with Crippen LogP contribution < -0.4 is 10.2 Å². The van der Waals surface area contributed by atoms with Gasteiger partial charge in [-0.1, -0.05) is 29.3 Å². The summed E-state index contributed by atoms with van der Waals surface area (Å²) >= 11 is 12.1. The number of aromatic nitrogens is 1. The van der Waals surface area contributed by atoms with Crippen molar-refractivity contribution in [1.29, 1.82) is 0 Å². The van der Waals surface area contributed by atoms with Crippen molar-refractivity contribution in [3.05, 3.63) is 52.4 Å². The maximum Gasteiger partial charge on any atom is 0.238 e. The smallest absolute Gasteiger partial charge is 0.238 e. The molecule has 2 heterocycles. The zero-order valence-electron chi connectivity index (χ0n) is 13.4. The second-order valence-corrected chi connectivity index (χ2v) is 6.62. The highest BCUT2D eigenvalue weighted by atomic mass is 35.5. The second-order valence-electron chi connectivity index (χ2n) is 5.78. The lowest BCUT2D eigenvalue weighted by atomic mass is 10.3. The van der Waals surface area contributed by atoms with E-state index < -0.39 is 0 Å². The fourth-order valence-electron chi connectivity index (χ4n) is 2.73. The highest BCUT2D eigenvalue weighted by Gasteiger charge is 2.21. The first-order chi connectivity index (χ1) is 12.0. The van der Waals surface area contributed by atoms with Crippen molar-refractivity contribution >= 4 is 40.6 Å². The molecule has 132 valence electrons. The summed E-state index contributed by atoms with van der Waals surface area (Å²) in [4.78, 5) is 20.5. The van der Waals surface area contributed by atoms with Crippen LogP contribution in [0, 0.1) is 5.82 Å². The Kier molecular flexibility index (Phi) is 5.73. The summed E-state index contributed by atoms with van der Waals surface area (Å²) in [5, 5.41) is 3.73. The van der Waals surface area contributed by atoms with Crippen molar-refractivity contribution in [1.82, 2.24) is 9.88 Å². The van der Waals surface area contributed by atoms with Crippen LogP contribution >= 0.6 is 23.2 Å². The monoisotopic (exact) mass is 382 g/mol. The molecular weight excluding hydrogens is 366 g/mol. The number of nitrogens with zero attached hydrogens (tertiary/aromatic N) is 3. The third-order valence-electron chi connectivity index (χ3n) is 3.94. The predicted octanol–water partition coefficient (Wildman–Crippen LogP) is 3.29. The summed E-state index contributed by atoms with van der Waals surface area (Å²) in [6, 6.07) is 7.53. The number of halogens is 3. The number of rotatable bonds is 4.